The molecular weight excluding hydrogens is 264 g/mol. The van der Waals surface area contributed by atoms with E-state index in [9.17, 15) is 14.4 Å². The second-order valence-corrected chi connectivity index (χ2v) is 4.65. The van der Waals surface area contributed by atoms with Gasteiger partial charge in [-0.15, -0.1) is 0 Å². The molecule has 1 aromatic heterocycles. The van der Waals surface area contributed by atoms with Gasteiger partial charge in [-0.3, -0.25) is 14.2 Å². The summed E-state index contributed by atoms with van der Waals surface area (Å²) in [7, 11) is 0. The zero-order valence-corrected chi connectivity index (χ0v) is 10.5. The lowest BCUT2D eigenvalue weighted by atomic mass is 10.1. The van der Waals surface area contributed by atoms with Crippen molar-refractivity contribution in [3.63, 3.8) is 0 Å². The van der Waals surface area contributed by atoms with Crippen LogP contribution in [0, 0.1) is 0 Å². The van der Waals surface area contributed by atoms with Gasteiger partial charge in [0.05, 0.1) is 29.2 Å². The van der Waals surface area contributed by atoms with Crippen LogP contribution < -0.4 is 11.1 Å². The van der Waals surface area contributed by atoms with Gasteiger partial charge in [0.15, 0.2) is 0 Å². The van der Waals surface area contributed by atoms with Gasteiger partial charge < -0.3 is 14.8 Å². The number of rotatable bonds is 2. The quantitative estimate of drug-likeness (QED) is 0.771. The fraction of sp³-hybridized carbons (Fsp3) is 0.308. The third kappa shape index (κ3) is 1.83. The maximum Gasteiger partial charge on any atom is 0.337 e. The number of hydrogen-bond acceptors (Lipinski definition) is 4. The molecule has 0 bridgehead atoms. The van der Waals surface area contributed by atoms with Gasteiger partial charge in [0.25, 0.3) is 0 Å². The zero-order chi connectivity index (χ0) is 14.3. The van der Waals surface area contributed by atoms with Gasteiger partial charge in [-0.25, -0.2) is 4.79 Å². The van der Waals surface area contributed by atoms with E-state index < -0.39 is 17.1 Å². The lowest BCUT2D eigenvalue weighted by molar-refractivity contribution is 0.0698. The number of H-pyrrole nitrogens is 1. The van der Waals surface area contributed by atoms with Gasteiger partial charge >= 0.3 is 17.1 Å². The number of aromatic amines is 1. The molecule has 1 saturated heterocycles. The molecule has 1 fully saturated rings. The maximum absolute atomic E-state index is 12.1. The normalized spacial score (nSPS) is 18.5. The first kappa shape index (κ1) is 12.6. The molecule has 0 aliphatic carbocycles. The lowest BCUT2D eigenvalue weighted by Gasteiger charge is -2.15. The van der Waals surface area contributed by atoms with Crippen molar-refractivity contribution < 1.29 is 14.6 Å². The first-order chi connectivity index (χ1) is 9.59. The van der Waals surface area contributed by atoms with Crippen molar-refractivity contribution in [1.29, 1.82) is 0 Å². The molecule has 1 aromatic carbocycles. The van der Waals surface area contributed by atoms with Crippen molar-refractivity contribution in [2.24, 2.45) is 0 Å². The monoisotopic (exact) mass is 276 g/mol. The number of carboxylic acid groups (broad SMARTS) is 1. The average Bonchev–Trinajstić information content (AvgIpc) is 2.93. The van der Waals surface area contributed by atoms with Crippen LogP contribution in [0.4, 0.5) is 0 Å². The molecule has 2 aromatic rings. The zero-order valence-electron chi connectivity index (χ0n) is 10.5. The molecule has 0 radical (unpaired) electrons. The molecule has 1 atom stereocenters. The van der Waals surface area contributed by atoms with Crippen molar-refractivity contribution >= 4 is 17.0 Å². The minimum Gasteiger partial charge on any atom is -0.478 e. The summed E-state index contributed by atoms with van der Waals surface area (Å²) in [6.07, 6.45) is 0.621. The van der Waals surface area contributed by atoms with Crippen LogP contribution in [0.5, 0.6) is 0 Å². The number of ether oxygens (including phenoxy) is 1. The highest BCUT2D eigenvalue weighted by atomic mass is 16.5. The Labute approximate surface area is 112 Å². The first-order valence-corrected chi connectivity index (χ1v) is 6.18. The van der Waals surface area contributed by atoms with Gasteiger partial charge in [-0.2, -0.15) is 0 Å². The van der Waals surface area contributed by atoms with Crippen LogP contribution in [0.2, 0.25) is 0 Å². The average molecular weight is 276 g/mol. The number of carbonyl (C=O) groups is 1. The molecule has 2 heterocycles. The third-order valence-corrected chi connectivity index (χ3v) is 3.45. The van der Waals surface area contributed by atoms with Crippen LogP contribution in [0.15, 0.2) is 27.8 Å². The van der Waals surface area contributed by atoms with Crippen molar-refractivity contribution in [1.82, 2.24) is 9.55 Å². The van der Waals surface area contributed by atoms with Crippen molar-refractivity contribution in [3.05, 3.63) is 44.5 Å². The van der Waals surface area contributed by atoms with Gasteiger partial charge in [0, 0.05) is 6.61 Å². The number of nitrogens with one attached hydrogen (secondary N) is 1. The van der Waals surface area contributed by atoms with Gasteiger partial charge in [-0.05, 0) is 18.6 Å². The molecule has 2 N–H and O–H groups in total. The summed E-state index contributed by atoms with van der Waals surface area (Å²) in [4.78, 5) is 37.4. The highest BCUT2D eigenvalue weighted by Crippen LogP contribution is 2.22. The predicted octanol–water partition coefficient (Wildman–Crippen LogP) is 0.349. The number of benzene rings is 1. The Kier molecular flexibility index (Phi) is 2.90. The molecule has 20 heavy (non-hydrogen) atoms. The second kappa shape index (κ2) is 4.61. The molecule has 0 amide bonds. The lowest BCUT2D eigenvalue weighted by Crippen LogP contribution is -2.38. The summed E-state index contributed by atoms with van der Waals surface area (Å²) < 4.78 is 6.59. The first-order valence-electron chi connectivity index (χ1n) is 6.18. The highest BCUT2D eigenvalue weighted by molar-refractivity contribution is 6.00. The van der Waals surface area contributed by atoms with Crippen LogP contribution in [0.25, 0.3) is 11.0 Å². The molecule has 0 saturated carbocycles. The summed E-state index contributed by atoms with van der Waals surface area (Å²) in [6, 6.07) is 4.32. The number of fused-ring (bicyclic) bond motifs is 1. The predicted molar refractivity (Wildman–Crippen MR) is 70.3 cm³/mol. The summed E-state index contributed by atoms with van der Waals surface area (Å²) in [5.41, 5.74) is -0.970. The van der Waals surface area contributed by atoms with Crippen LogP contribution in [0.1, 0.15) is 22.8 Å². The molecule has 7 nitrogen and oxygen atoms in total. The van der Waals surface area contributed by atoms with E-state index >= 15 is 0 Å². The van der Waals surface area contributed by atoms with E-state index in [1.54, 1.807) is 12.1 Å². The van der Waals surface area contributed by atoms with Crippen LogP contribution in [-0.2, 0) is 4.74 Å². The van der Waals surface area contributed by atoms with E-state index in [0.29, 0.717) is 25.2 Å². The topological polar surface area (TPSA) is 101 Å². The van der Waals surface area contributed by atoms with E-state index in [-0.39, 0.29) is 17.1 Å². The highest BCUT2D eigenvalue weighted by Gasteiger charge is 2.23. The fourth-order valence-corrected chi connectivity index (χ4v) is 2.52. The fourth-order valence-electron chi connectivity index (χ4n) is 2.52. The molecule has 0 spiro atoms. The van der Waals surface area contributed by atoms with E-state index in [1.165, 1.54) is 10.6 Å². The van der Waals surface area contributed by atoms with Crippen molar-refractivity contribution in [3.8, 4) is 0 Å². The second-order valence-electron chi connectivity index (χ2n) is 4.65. The Morgan fingerprint density at radius 2 is 2.20 bits per heavy atom. The molecule has 1 aliphatic rings. The number of nitrogens with zero attached hydrogens (tertiary/aromatic N) is 1. The van der Waals surface area contributed by atoms with Gasteiger partial charge in [0.1, 0.15) is 0 Å². The standard InChI is InChI=1S/C13H12N2O5/c16-11-12(17)15(7-4-5-20-6-7)9-3-1-2-8(13(18)19)10(9)14-11/h1-3,7H,4-6H2,(H,14,16)(H,18,19). The molecular formula is C13H12N2O5. The van der Waals surface area contributed by atoms with E-state index in [2.05, 4.69) is 4.98 Å². The number of para-hydroxylation sites is 1. The number of carboxylic acids is 1. The van der Waals surface area contributed by atoms with Crippen LogP contribution in [-0.4, -0.2) is 33.8 Å². The molecule has 104 valence electrons. The largest absolute Gasteiger partial charge is 0.478 e. The maximum atomic E-state index is 12.1. The van der Waals surface area contributed by atoms with Crippen molar-refractivity contribution in [2.75, 3.05) is 13.2 Å². The summed E-state index contributed by atoms with van der Waals surface area (Å²) in [5, 5.41) is 9.17. The number of aromatic nitrogens is 2. The molecule has 7 heteroatoms. The summed E-state index contributed by atoms with van der Waals surface area (Å²) >= 11 is 0. The van der Waals surface area contributed by atoms with Crippen LogP contribution >= 0.6 is 0 Å². The molecule has 1 unspecified atom stereocenters. The summed E-state index contributed by atoms with van der Waals surface area (Å²) in [6.45, 7) is 0.861. The van der Waals surface area contributed by atoms with Crippen LogP contribution in [0.3, 0.4) is 0 Å². The molecule has 3 rings (SSSR count). The third-order valence-electron chi connectivity index (χ3n) is 3.45. The number of hydrogen-bond donors (Lipinski definition) is 2. The minimum absolute atomic E-state index is 0.0349. The summed E-state index contributed by atoms with van der Waals surface area (Å²) in [5.74, 6) is -1.15. The van der Waals surface area contributed by atoms with E-state index in [4.69, 9.17) is 9.84 Å². The Morgan fingerprint density at radius 3 is 2.85 bits per heavy atom. The Bertz CT molecular complexity index is 798. The number of aromatic carboxylic acids is 1. The van der Waals surface area contributed by atoms with Crippen molar-refractivity contribution in [2.45, 2.75) is 12.5 Å². The Balaban J connectivity index is 2.41. The smallest absolute Gasteiger partial charge is 0.337 e. The SMILES string of the molecule is O=C(O)c1cccc2c1[nH]c(=O)c(=O)n2C1CCOC1. The van der Waals surface area contributed by atoms with Gasteiger partial charge in [0.2, 0.25) is 0 Å². The molecule has 1 aliphatic heterocycles. The van der Waals surface area contributed by atoms with E-state index in [1.807, 2.05) is 0 Å². The Hall–Kier alpha value is -2.41. The Morgan fingerprint density at radius 1 is 1.40 bits per heavy atom. The minimum atomic E-state index is -1.15. The van der Waals surface area contributed by atoms with Gasteiger partial charge in [-0.1, -0.05) is 6.07 Å². The van der Waals surface area contributed by atoms with E-state index in [0.717, 1.165) is 0 Å².